The third kappa shape index (κ3) is 3.61. The highest BCUT2D eigenvalue weighted by Gasteiger charge is 2.06. The molecule has 2 rings (SSSR count). The van der Waals surface area contributed by atoms with E-state index in [1.54, 1.807) is 0 Å². The molecule has 2 aromatic rings. The Morgan fingerprint density at radius 2 is 1.74 bits per heavy atom. The van der Waals surface area contributed by atoms with Crippen LogP contribution in [0.3, 0.4) is 0 Å². The number of halogens is 2. The summed E-state index contributed by atoms with van der Waals surface area (Å²) < 4.78 is 7.05. The van der Waals surface area contributed by atoms with Gasteiger partial charge in [-0.05, 0) is 48.7 Å². The minimum absolute atomic E-state index is 0.611. The summed E-state index contributed by atoms with van der Waals surface area (Å²) >= 11 is 6.98. The van der Waals surface area contributed by atoms with Crippen LogP contribution in [-0.2, 0) is 11.9 Å². The van der Waals surface area contributed by atoms with Crippen molar-refractivity contribution in [1.29, 1.82) is 0 Å². The Balaban J connectivity index is 2.19. The van der Waals surface area contributed by atoms with E-state index in [4.69, 9.17) is 4.74 Å². The molecule has 0 radical (unpaired) electrons. The molecule has 0 aliphatic carbocycles. The van der Waals surface area contributed by atoms with Crippen LogP contribution in [0.25, 0.3) is 0 Å². The molecule has 0 heterocycles. The van der Waals surface area contributed by atoms with Crippen LogP contribution in [0.15, 0.2) is 40.9 Å². The maximum Gasteiger partial charge on any atom is 0.123 e. The van der Waals surface area contributed by atoms with E-state index in [-0.39, 0.29) is 0 Å². The molecule has 0 aliphatic heterocycles. The Bertz CT molecular complexity index is 559. The van der Waals surface area contributed by atoms with Crippen LogP contribution in [-0.4, -0.2) is 0 Å². The van der Waals surface area contributed by atoms with Crippen molar-refractivity contribution in [1.82, 2.24) is 0 Å². The summed E-state index contributed by atoms with van der Waals surface area (Å²) in [6.07, 6.45) is 0. The van der Waals surface area contributed by atoms with Gasteiger partial charge in [0, 0.05) is 15.4 Å². The van der Waals surface area contributed by atoms with E-state index in [2.05, 4.69) is 70.0 Å². The largest absolute Gasteiger partial charge is 0.489 e. The average Bonchev–Trinajstić information content (AvgIpc) is 2.39. The zero-order valence-electron chi connectivity index (χ0n) is 11.0. The number of benzene rings is 2. The average molecular weight is 384 g/mol. The van der Waals surface area contributed by atoms with Crippen molar-refractivity contribution in [2.75, 3.05) is 0 Å². The first-order valence-corrected chi connectivity index (χ1v) is 8.05. The van der Waals surface area contributed by atoms with Crippen LogP contribution in [0.1, 0.15) is 22.3 Å². The molecule has 3 heteroatoms. The molecule has 0 bridgehead atoms. The monoisotopic (exact) mass is 382 g/mol. The number of hydrogen-bond donors (Lipinski definition) is 0. The van der Waals surface area contributed by atoms with Gasteiger partial charge in [-0.1, -0.05) is 50.1 Å². The first-order chi connectivity index (χ1) is 9.11. The Morgan fingerprint density at radius 3 is 2.37 bits per heavy atom. The molecule has 0 N–H and O–H groups in total. The maximum atomic E-state index is 5.98. The second-order valence-corrected chi connectivity index (χ2v) is 6.02. The summed E-state index contributed by atoms with van der Waals surface area (Å²) in [5, 5.41) is 0.786. The molecular formula is C16H16Br2O. The second-order valence-electron chi connectivity index (χ2n) is 4.54. The highest BCUT2D eigenvalue weighted by molar-refractivity contribution is 9.10. The summed E-state index contributed by atoms with van der Waals surface area (Å²) in [6.45, 7) is 4.86. The maximum absolute atomic E-state index is 5.98. The van der Waals surface area contributed by atoms with Gasteiger partial charge in [-0.3, -0.25) is 0 Å². The molecule has 0 atom stereocenters. The van der Waals surface area contributed by atoms with E-state index in [0.29, 0.717) is 6.61 Å². The van der Waals surface area contributed by atoms with Crippen molar-refractivity contribution in [2.24, 2.45) is 0 Å². The van der Waals surface area contributed by atoms with Crippen LogP contribution in [0, 0.1) is 13.8 Å². The molecule has 0 saturated heterocycles. The lowest BCUT2D eigenvalue weighted by Crippen LogP contribution is -2.02. The fourth-order valence-electron chi connectivity index (χ4n) is 2.02. The van der Waals surface area contributed by atoms with Gasteiger partial charge in [0.1, 0.15) is 12.4 Å². The van der Waals surface area contributed by atoms with E-state index in [0.717, 1.165) is 21.1 Å². The molecule has 1 nitrogen and oxygen atoms in total. The minimum atomic E-state index is 0.611. The van der Waals surface area contributed by atoms with Gasteiger partial charge in [0.15, 0.2) is 0 Å². The fourth-order valence-corrected chi connectivity index (χ4v) is 2.87. The molecule has 100 valence electrons. The molecular weight excluding hydrogens is 368 g/mol. The lowest BCUT2D eigenvalue weighted by Gasteiger charge is -2.14. The first-order valence-electron chi connectivity index (χ1n) is 6.14. The van der Waals surface area contributed by atoms with Crippen LogP contribution < -0.4 is 4.74 Å². The standard InChI is InChI=1S/C16H16Br2O/c1-11-4-3-5-12(2)15(11)10-19-16-7-6-14(18)8-13(16)9-17/h3-8H,9-10H2,1-2H3. The Labute approximate surface area is 131 Å². The van der Waals surface area contributed by atoms with Crippen LogP contribution >= 0.6 is 31.9 Å². The number of hydrogen-bond acceptors (Lipinski definition) is 1. The number of rotatable bonds is 4. The number of ether oxygens (including phenoxy) is 1. The predicted octanol–water partition coefficient (Wildman–Crippen LogP) is 5.54. The highest BCUT2D eigenvalue weighted by Crippen LogP contribution is 2.26. The Hall–Kier alpha value is -0.800. The summed E-state index contributed by atoms with van der Waals surface area (Å²) in [4.78, 5) is 0. The van der Waals surface area contributed by atoms with Crippen molar-refractivity contribution in [3.63, 3.8) is 0 Å². The van der Waals surface area contributed by atoms with Gasteiger partial charge in [-0.2, -0.15) is 0 Å². The lowest BCUT2D eigenvalue weighted by atomic mass is 10.0. The first kappa shape index (κ1) is 14.6. The molecule has 0 amide bonds. The fraction of sp³-hybridized carbons (Fsp3) is 0.250. The van der Waals surface area contributed by atoms with Gasteiger partial charge in [-0.15, -0.1) is 0 Å². The Morgan fingerprint density at radius 1 is 1.05 bits per heavy atom. The zero-order chi connectivity index (χ0) is 13.8. The smallest absolute Gasteiger partial charge is 0.123 e. The molecule has 0 saturated carbocycles. The SMILES string of the molecule is Cc1cccc(C)c1COc1ccc(Br)cc1CBr. The quantitative estimate of drug-likeness (QED) is 0.629. The molecule has 2 aromatic carbocycles. The van der Waals surface area contributed by atoms with Crippen molar-refractivity contribution in [3.8, 4) is 5.75 Å². The van der Waals surface area contributed by atoms with Gasteiger partial charge < -0.3 is 4.74 Å². The van der Waals surface area contributed by atoms with Gasteiger partial charge in [0.2, 0.25) is 0 Å². The summed E-state index contributed by atoms with van der Waals surface area (Å²) in [5.41, 5.74) is 4.97. The van der Waals surface area contributed by atoms with Gasteiger partial charge >= 0.3 is 0 Å². The van der Waals surface area contributed by atoms with Gasteiger partial charge in [-0.25, -0.2) is 0 Å². The molecule has 0 spiro atoms. The summed E-state index contributed by atoms with van der Waals surface area (Å²) in [7, 11) is 0. The van der Waals surface area contributed by atoms with E-state index >= 15 is 0 Å². The molecule has 0 aliphatic rings. The minimum Gasteiger partial charge on any atom is -0.489 e. The van der Waals surface area contributed by atoms with E-state index in [1.807, 2.05) is 12.1 Å². The summed E-state index contributed by atoms with van der Waals surface area (Å²) in [5.74, 6) is 0.933. The molecule has 0 aromatic heterocycles. The number of aryl methyl sites for hydroxylation is 2. The second kappa shape index (κ2) is 6.58. The van der Waals surface area contributed by atoms with E-state index < -0.39 is 0 Å². The van der Waals surface area contributed by atoms with Gasteiger partial charge in [0.25, 0.3) is 0 Å². The third-order valence-corrected chi connectivity index (χ3v) is 4.28. The third-order valence-electron chi connectivity index (χ3n) is 3.18. The number of alkyl halides is 1. The van der Waals surface area contributed by atoms with Crippen LogP contribution in [0.2, 0.25) is 0 Å². The lowest BCUT2D eigenvalue weighted by molar-refractivity contribution is 0.302. The molecule has 19 heavy (non-hydrogen) atoms. The zero-order valence-corrected chi connectivity index (χ0v) is 14.2. The summed E-state index contributed by atoms with van der Waals surface area (Å²) in [6, 6.07) is 12.4. The van der Waals surface area contributed by atoms with Crippen molar-refractivity contribution in [3.05, 3.63) is 63.1 Å². The van der Waals surface area contributed by atoms with Crippen LogP contribution in [0.4, 0.5) is 0 Å². The van der Waals surface area contributed by atoms with E-state index in [1.165, 1.54) is 16.7 Å². The predicted molar refractivity (Wildman–Crippen MR) is 87.0 cm³/mol. The van der Waals surface area contributed by atoms with E-state index in [9.17, 15) is 0 Å². The molecule has 0 unspecified atom stereocenters. The van der Waals surface area contributed by atoms with Gasteiger partial charge in [0.05, 0.1) is 0 Å². The van der Waals surface area contributed by atoms with Crippen molar-refractivity contribution >= 4 is 31.9 Å². The van der Waals surface area contributed by atoms with Crippen molar-refractivity contribution in [2.45, 2.75) is 25.8 Å². The molecule has 0 fully saturated rings. The normalized spacial score (nSPS) is 10.5. The topological polar surface area (TPSA) is 9.23 Å². The van der Waals surface area contributed by atoms with Crippen LogP contribution in [0.5, 0.6) is 5.75 Å². The Kier molecular flexibility index (Phi) is 5.06. The van der Waals surface area contributed by atoms with Crippen molar-refractivity contribution < 1.29 is 4.74 Å². The highest BCUT2D eigenvalue weighted by atomic mass is 79.9.